The molecular formula is C35H32N4O3S. The van der Waals surface area contributed by atoms with Gasteiger partial charge in [-0.05, 0) is 83.9 Å². The molecule has 5 aromatic rings. The van der Waals surface area contributed by atoms with Crippen LogP contribution in [0.2, 0.25) is 0 Å². The zero-order valence-electron chi connectivity index (χ0n) is 23.8. The molecule has 0 radical (unpaired) electrons. The van der Waals surface area contributed by atoms with Crippen LogP contribution in [0.4, 0.5) is 5.69 Å². The van der Waals surface area contributed by atoms with Crippen molar-refractivity contribution in [2.75, 3.05) is 31.1 Å². The highest BCUT2D eigenvalue weighted by atomic mass is 32.1. The molecule has 2 aliphatic rings. The van der Waals surface area contributed by atoms with Crippen LogP contribution in [0.5, 0.6) is 0 Å². The van der Waals surface area contributed by atoms with Crippen LogP contribution in [0.3, 0.4) is 0 Å². The Hall–Kier alpha value is -4.56. The lowest BCUT2D eigenvalue weighted by Gasteiger charge is -2.36. The summed E-state index contributed by atoms with van der Waals surface area (Å²) in [5.74, 6) is 0.791. The lowest BCUT2D eigenvalue weighted by atomic mass is 10.0. The number of carbonyl (C=O) groups excluding carboxylic acids is 3. The number of ketones is 2. The van der Waals surface area contributed by atoms with E-state index in [1.165, 1.54) is 11.3 Å². The second-order valence-electron chi connectivity index (χ2n) is 11.4. The molecule has 2 aromatic heterocycles. The van der Waals surface area contributed by atoms with Gasteiger partial charge in [0.1, 0.15) is 0 Å². The van der Waals surface area contributed by atoms with Crippen LogP contribution in [0.25, 0.3) is 16.6 Å². The molecule has 7 nitrogen and oxygen atoms in total. The minimum absolute atomic E-state index is 0.0748. The van der Waals surface area contributed by atoms with Crippen molar-refractivity contribution in [1.29, 1.82) is 0 Å². The second kappa shape index (κ2) is 11.6. The number of nitrogens with zero attached hydrogens (tertiary/aromatic N) is 4. The Balaban J connectivity index is 0.973. The van der Waals surface area contributed by atoms with E-state index >= 15 is 0 Å². The van der Waals surface area contributed by atoms with Gasteiger partial charge in [-0.2, -0.15) is 5.10 Å². The first kappa shape index (κ1) is 27.3. The molecule has 7 rings (SSSR count). The normalized spacial score (nSPS) is 15.2. The maximum Gasteiger partial charge on any atom is 0.225 e. The molecule has 3 heterocycles. The van der Waals surface area contributed by atoms with Crippen molar-refractivity contribution >= 4 is 45.4 Å². The predicted octanol–water partition coefficient (Wildman–Crippen LogP) is 6.00. The number of benzene rings is 3. The Labute approximate surface area is 254 Å². The molecule has 216 valence electrons. The number of rotatable bonds is 9. The number of Topliss-reactive ketones (excluding diaryl/α,β-unsaturated/α-hetero) is 2. The molecule has 2 fully saturated rings. The Morgan fingerprint density at radius 3 is 2.16 bits per heavy atom. The molecule has 0 atom stereocenters. The van der Waals surface area contributed by atoms with Gasteiger partial charge in [-0.25, -0.2) is 4.68 Å². The van der Waals surface area contributed by atoms with Crippen molar-refractivity contribution in [3.8, 4) is 5.69 Å². The molecule has 1 aliphatic carbocycles. The first-order chi connectivity index (χ1) is 21.0. The van der Waals surface area contributed by atoms with E-state index in [1.807, 2.05) is 100 Å². The summed E-state index contributed by atoms with van der Waals surface area (Å²) in [4.78, 5) is 43.0. The van der Waals surface area contributed by atoms with Gasteiger partial charge in [-0.15, -0.1) is 11.3 Å². The van der Waals surface area contributed by atoms with Crippen molar-refractivity contribution < 1.29 is 14.4 Å². The van der Waals surface area contributed by atoms with E-state index in [1.54, 1.807) is 0 Å². The first-order valence-corrected chi connectivity index (χ1v) is 15.7. The molecule has 0 N–H and O–H groups in total. The highest BCUT2D eigenvalue weighted by molar-refractivity contribution is 7.12. The summed E-state index contributed by atoms with van der Waals surface area (Å²) >= 11 is 1.47. The number of thiophene rings is 1. The zero-order valence-corrected chi connectivity index (χ0v) is 24.6. The summed E-state index contributed by atoms with van der Waals surface area (Å²) in [7, 11) is 0. The van der Waals surface area contributed by atoms with Gasteiger partial charge in [-0.3, -0.25) is 14.4 Å². The summed E-state index contributed by atoms with van der Waals surface area (Å²) in [6, 6.07) is 25.6. The Kier molecular flexibility index (Phi) is 7.37. The van der Waals surface area contributed by atoms with E-state index in [-0.39, 0.29) is 17.5 Å². The summed E-state index contributed by atoms with van der Waals surface area (Å²) in [6.07, 6.45) is 4.60. The van der Waals surface area contributed by atoms with E-state index in [0.29, 0.717) is 24.3 Å². The topological polar surface area (TPSA) is 75.5 Å². The van der Waals surface area contributed by atoms with Gasteiger partial charge in [0.2, 0.25) is 5.91 Å². The third-order valence-electron chi connectivity index (χ3n) is 8.41. The van der Waals surface area contributed by atoms with Crippen LogP contribution in [-0.2, 0) is 17.6 Å². The zero-order chi connectivity index (χ0) is 29.3. The summed E-state index contributed by atoms with van der Waals surface area (Å²) in [6.45, 7) is 3.16. The molecule has 43 heavy (non-hydrogen) atoms. The largest absolute Gasteiger partial charge is 0.368 e. The number of fused-ring (bicyclic) bond motifs is 1. The van der Waals surface area contributed by atoms with Crippen molar-refractivity contribution in [3.05, 3.63) is 112 Å². The standard InChI is InChI=1S/C35H32N4O3S/c40-32(26-8-12-29(13-9-26)37-15-17-38(18-16-37)35(42)27-6-7-27)22-25-5-14-31-28(20-25)23-36-39(31)30-10-3-24(4-11-30)21-33(41)34-2-1-19-43-34/h1-5,8-14,19-20,23,27H,6-7,15-18,21-22H2. The minimum Gasteiger partial charge on any atom is -0.368 e. The Bertz CT molecular complexity index is 1780. The molecule has 0 bridgehead atoms. The minimum atomic E-state index is 0.0748. The smallest absolute Gasteiger partial charge is 0.225 e. The number of aromatic nitrogens is 2. The number of hydrogen-bond acceptors (Lipinski definition) is 6. The summed E-state index contributed by atoms with van der Waals surface area (Å²) in [5.41, 5.74) is 5.57. The summed E-state index contributed by atoms with van der Waals surface area (Å²) in [5, 5.41) is 7.48. The van der Waals surface area contributed by atoms with Crippen LogP contribution >= 0.6 is 11.3 Å². The number of amides is 1. The number of hydrogen-bond donors (Lipinski definition) is 0. The van der Waals surface area contributed by atoms with E-state index in [0.717, 1.165) is 77.3 Å². The number of anilines is 1. The fraction of sp³-hybridized carbons (Fsp3) is 0.257. The highest BCUT2D eigenvalue weighted by Crippen LogP contribution is 2.31. The van der Waals surface area contributed by atoms with Gasteiger partial charge in [-0.1, -0.05) is 24.3 Å². The maximum atomic E-state index is 13.1. The van der Waals surface area contributed by atoms with Gasteiger partial charge in [0, 0.05) is 61.6 Å². The van der Waals surface area contributed by atoms with Gasteiger partial charge in [0.25, 0.3) is 0 Å². The van der Waals surface area contributed by atoms with Crippen LogP contribution in [0, 0.1) is 5.92 Å². The molecule has 3 aromatic carbocycles. The molecule has 1 amide bonds. The van der Waals surface area contributed by atoms with Crippen molar-refractivity contribution in [2.24, 2.45) is 5.92 Å². The number of carbonyl (C=O) groups is 3. The van der Waals surface area contributed by atoms with Gasteiger partial charge >= 0.3 is 0 Å². The fourth-order valence-corrected chi connectivity index (χ4v) is 6.45. The lowest BCUT2D eigenvalue weighted by molar-refractivity contribution is -0.132. The van der Waals surface area contributed by atoms with E-state index in [4.69, 9.17) is 0 Å². The quantitative estimate of drug-likeness (QED) is 0.198. The first-order valence-electron chi connectivity index (χ1n) is 14.8. The molecule has 1 saturated carbocycles. The average Bonchev–Trinajstić information content (AvgIpc) is 3.57. The Morgan fingerprint density at radius 1 is 0.767 bits per heavy atom. The Morgan fingerprint density at radius 2 is 1.47 bits per heavy atom. The molecule has 1 aliphatic heterocycles. The molecule has 8 heteroatoms. The molecule has 0 spiro atoms. The van der Waals surface area contributed by atoms with Crippen molar-refractivity contribution in [3.63, 3.8) is 0 Å². The lowest BCUT2D eigenvalue weighted by Crippen LogP contribution is -2.49. The highest BCUT2D eigenvalue weighted by Gasteiger charge is 2.34. The third-order valence-corrected chi connectivity index (χ3v) is 9.32. The SMILES string of the molecule is O=C(Cc1ccc2c(cnn2-c2ccc(CC(=O)c3cccs3)cc2)c1)c1ccc(N2CCN(C(=O)C3CC3)CC2)cc1. The van der Waals surface area contributed by atoms with Crippen molar-refractivity contribution in [2.45, 2.75) is 25.7 Å². The van der Waals surface area contributed by atoms with Gasteiger partial charge < -0.3 is 9.80 Å². The average molecular weight is 589 g/mol. The van der Waals surface area contributed by atoms with Gasteiger partial charge in [0.05, 0.1) is 22.3 Å². The molecule has 0 unspecified atom stereocenters. The molecule has 1 saturated heterocycles. The van der Waals surface area contributed by atoms with E-state index in [2.05, 4.69) is 10.00 Å². The number of piperazine rings is 1. The molecular weight excluding hydrogens is 556 g/mol. The van der Waals surface area contributed by atoms with E-state index < -0.39 is 0 Å². The third kappa shape index (κ3) is 5.88. The van der Waals surface area contributed by atoms with Crippen molar-refractivity contribution in [1.82, 2.24) is 14.7 Å². The van der Waals surface area contributed by atoms with Crippen LogP contribution in [0.1, 0.15) is 44.0 Å². The predicted molar refractivity (Wildman–Crippen MR) is 169 cm³/mol. The maximum absolute atomic E-state index is 13.1. The van der Waals surface area contributed by atoms with Gasteiger partial charge in [0.15, 0.2) is 11.6 Å². The van der Waals surface area contributed by atoms with Crippen LogP contribution in [-0.4, -0.2) is 58.3 Å². The monoisotopic (exact) mass is 588 g/mol. The van der Waals surface area contributed by atoms with Crippen LogP contribution < -0.4 is 4.90 Å². The summed E-state index contributed by atoms with van der Waals surface area (Å²) < 4.78 is 1.88. The fourth-order valence-electron chi connectivity index (χ4n) is 5.78. The van der Waals surface area contributed by atoms with E-state index in [9.17, 15) is 14.4 Å². The van der Waals surface area contributed by atoms with Crippen LogP contribution in [0.15, 0.2) is 90.4 Å². The second-order valence-corrected chi connectivity index (χ2v) is 12.4.